The summed E-state index contributed by atoms with van der Waals surface area (Å²) in [5, 5.41) is 2.69. The van der Waals surface area contributed by atoms with Gasteiger partial charge in [-0.3, -0.25) is 4.79 Å². The smallest absolute Gasteiger partial charge is 0.239 e. The molecule has 2 rings (SSSR count). The highest BCUT2D eigenvalue weighted by Gasteiger charge is 2.21. The minimum Gasteiger partial charge on any atom is -0.389 e. The third-order valence-electron chi connectivity index (χ3n) is 2.71. The Bertz CT molecular complexity index is 523. The van der Waals surface area contributed by atoms with Gasteiger partial charge in [-0.2, -0.15) is 0 Å². The van der Waals surface area contributed by atoms with Gasteiger partial charge in [0.05, 0.1) is 16.7 Å². The monoisotopic (exact) mass is 331 g/mol. The number of nitrogens with zero attached hydrogens (tertiary/aromatic N) is 1. The molecule has 7 heteroatoms. The average molecular weight is 332 g/mol. The molecule has 1 aromatic carbocycles. The van der Waals surface area contributed by atoms with Crippen LogP contribution in [-0.2, 0) is 4.79 Å². The minimum absolute atomic E-state index is 0.116. The lowest BCUT2D eigenvalue weighted by molar-refractivity contribution is -0.120. The van der Waals surface area contributed by atoms with E-state index in [1.54, 1.807) is 17.0 Å². The van der Waals surface area contributed by atoms with E-state index in [0.29, 0.717) is 24.3 Å². The zero-order valence-electron chi connectivity index (χ0n) is 9.37. The highest BCUT2D eigenvalue weighted by molar-refractivity contribution is 9.10. The summed E-state index contributed by atoms with van der Waals surface area (Å²) < 4.78 is 14.4. The number of piperazine rings is 1. The quantitative estimate of drug-likeness (QED) is 0.798. The number of rotatable bonds is 2. The van der Waals surface area contributed by atoms with Crippen molar-refractivity contribution in [2.24, 2.45) is 5.73 Å². The molecule has 0 atom stereocenters. The minimum atomic E-state index is -0.449. The first-order valence-corrected chi connectivity index (χ1v) is 6.50. The molecule has 0 radical (unpaired) electrons. The lowest BCUT2D eigenvalue weighted by Gasteiger charge is -2.29. The summed E-state index contributed by atoms with van der Waals surface area (Å²) in [6, 6.07) is 3.24. The molecule has 1 aromatic rings. The van der Waals surface area contributed by atoms with Crippen LogP contribution in [-0.4, -0.2) is 30.5 Å². The maximum absolute atomic E-state index is 14.2. The molecule has 1 fully saturated rings. The normalized spacial score (nSPS) is 15.4. The lowest BCUT2D eigenvalue weighted by atomic mass is 10.1. The Hall–Kier alpha value is -1.21. The Morgan fingerprint density at radius 2 is 2.28 bits per heavy atom. The fraction of sp³-hybridized carbons (Fsp3) is 0.273. The molecule has 1 aliphatic heterocycles. The van der Waals surface area contributed by atoms with Gasteiger partial charge in [0.2, 0.25) is 5.91 Å². The Balaban J connectivity index is 2.37. The topological polar surface area (TPSA) is 58.4 Å². The van der Waals surface area contributed by atoms with Crippen LogP contribution in [0.5, 0.6) is 0 Å². The van der Waals surface area contributed by atoms with Crippen molar-refractivity contribution in [3.63, 3.8) is 0 Å². The predicted molar refractivity (Wildman–Crippen MR) is 75.2 cm³/mol. The van der Waals surface area contributed by atoms with Crippen LogP contribution < -0.4 is 16.0 Å². The van der Waals surface area contributed by atoms with Gasteiger partial charge in [-0.25, -0.2) is 4.39 Å². The fourth-order valence-corrected chi connectivity index (χ4v) is 2.67. The summed E-state index contributed by atoms with van der Waals surface area (Å²) in [5.41, 5.74) is 6.31. The first kappa shape index (κ1) is 13.2. The zero-order valence-corrected chi connectivity index (χ0v) is 11.8. The molecule has 4 nitrogen and oxygen atoms in total. The van der Waals surface area contributed by atoms with Gasteiger partial charge in [0.15, 0.2) is 5.82 Å². The van der Waals surface area contributed by atoms with Gasteiger partial charge in [-0.05, 0) is 28.1 Å². The first-order valence-electron chi connectivity index (χ1n) is 5.30. The van der Waals surface area contributed by atoms with Gasteiger partial charge < -0.3 is 16.0 Å². The highest BCUT2D eigenvalue weighted by atomic mass is 79.9. The van der Waals surface area contributed by atoms with Crippen molar-refractivity contribution in [3.05, 3.63) is 28.0 Å². The lowest BCUT2D eigenvalue weighted by Crippen LogP contribution is -2.48. The Kier molecular flexibility index (Phi) is 3.82. The molecule has 18 heavy (non-hydrogen) atoms. The van der Waals surface area contributed by atoms with Gasteiger partial charge in [-0.15, -0.1) is 0 Å². The van der Waals surface area contributed by atoms with Crippen LogP contribution in [0.2, 0.25) is 0 Å². The van der Waals surface area contributed by atoms with Gasteiger partial charge in [0.25, 0.3) is 0 Å². The van der Waals surface area contributed by atoms with Crippen molar-refractivity contribution >= 4 is 44.7 Å². The molecular formula is C11H11BrFN3OS. The summed E-state index contributed by atoms with van der Waals surface area (Å²) in [6.45, 7) is 1.23. The number of benzene rings is 1. The van der Waals surface area contributed by atoms with Crippen LogP contribution >= 0.6 is 28.1 Å². The Morgan fingerprint density at radius 1 is 1.56 bits per heavy atom. The number of thiocarbonyl (C=S) groups is 1. The second kappa shape index (κ2) is 5.19. The van der Waals surface area contributed by atoms with Crippen molar-refractivity contribution in [1.82, 2.24) is 5.32 Å². The van der Waals surface area contributed by atoms with Gasteiger partial charge >= 0.3 is 0 Å². The molecule has 0 aliphatic carbocycles. The molecule has 1 aliphatic rings. The number of halogens is 2. The van der Waals surface area contributed by atoms with Gasteiger partial charge in [0, 0.05) is 18.7 Å². The zero-order chi connectivity index (χ0) is 13.3. The van der Waals surface area contributed by atoms with E-state index in [0.717, 1.165) is 0 Å². The Morgan fingerprint density at radius 3 is 2.89 bits per heavy atom. The van der Waals surface area contributed by atoms with Crippen LogP contribution in [0.15, 0.2) is 16.6 Å². The van der Waals surface area contributed by atoms with Crippen molar-refractivity contribution in [2.75, 3.05) is 24.5 Å². The first-order chi connectivity index (χ1) is 8.50. The number of carbonyl (C=O) groups excluding carboxylic acids is 1. The van der Waals surface area contributed by atoms with Crippen LogP contribution in [0.1, 0.15) is 5.56 Å². The summed E-state index contributed by atoms with van der Waals surface area (Å²) in [6.07, 6.45) is 0. The van der Waals surface area contributed by atoms with E-state index in [9.17, 15) is 9.18 Å². The summed E-state index contributed by atoms with van der Waals surface area (Å²) in [7, 11) is 0. The van der Waals surface area contributed by atoms with Crippen molar-refractivity contribution < 1.29 is 9.18 Å². The summed E-state index contributed by atoms with van der Waals surface area (Å²) in [5.74, 6) is -0.565. The number of nitrogens with two attached hydrogens (primary N) is 1. The van der Waals surface area contributed by atoms with Gasteiger partial charge in [0.1, 0.15) is 4.99 Å². The number of hydrogen-bond acceptors (Lipinski definition) is 3. The van der Waals surface area contributed by atoms with Crippen LogP contribution in [0.3, 0.4) is 0 Å². The van der Waals surface area contributed by atoms with E-state index in [-0.39, 0.29) is 21.9 Å². The molecule has 0 unspecified atom stereocenters. The number of hydrogen-bond donors (Lipinski definition) is 2. The van der Waals surface area contributed by atoms with Crippen molar-refractivity contribution in [1.29, 1.82) is 0 Å². The molecule has 1 saturated heterocycles. The fourth-order valence-electron chi connectivity index (χ4n) is 1.82. The van der Waals surface area contributed by atoms with E-state index in [2.05, 4.69) is 21.2 Å². The number of carbonyl (C=O) groups is 1. The van der Waals surface area contributed by atoms with E-state index in [4.69, 9.17) is 18.0 Å². The highest BCUT2D eigenvalue weighted by Crippen LogP contribution is 2.29. The summed E-state index contributed by atoms with van der Waals surface area (Å²) in [4.78, 5) is 13.1. The molecule has 0 aromatic heterocycles. The largest absolute Gasteiger partial charge is 0.389 e. The molecule has 1 heterocycles. The van der Waals surface area contributed by atoms with E-state index >= 15 is 0 Å². The second-order valence-corrected chi connectivity index (χ2v) is 5.13. The molecule has 0 spiro atoms. The third kappa shape index (κ3) is 2.46. The molecule has 0 saturated carbocycles. The maximum Gasteiger partial charge on any atom is 0.239 e. The Labute approximate surface area is 117 Å². The maximum atomic E-state index is 14.2. The predicted octanol–water partition coefficient (Wildman–Crippen LogP) is 1.16. The molecule has 1 amide bonds. The number of anilines is 1. The molecular weight excluding hydrogens is 321 g/mol. The third-order valence-corrected chi connectivity index (χ3v) is 3.70. The number of nitrogens with one attached hydrogen (secondary N) is 1. The van der Waals surface area contributed by atoms with Gasteiger partial charge in [-0.1, -0.05) is 12.2 Å². The molecule has 3 N–H and O–H groups in total. The second-order valence-electron chi connectivity index (χ2n) is 3.90. The van der Waals surface area contributed by atoms with Crippen LogP contribution in [0.4, 0.5) is 10.1 Å². The van der Waals surface area contributed by atoms with Crippen LogP contribution in [0.25, 0.3) is 0 Å². The van der Waals surface area contributed by atoms with E-state index in [1.807, 2.05) is 0 Å². The SMILES string of the molecule is NC(=S)c1ccc(N2CCNC(=O)C2)c(F)c1Br. The molecule has 0 bridgehead atoms. The number of amides is 1. The van der Waals surface area contributed by atoms with Crippen LogP contribution in [0, 0.1) is 5.82 Å². The average Bonchev–Trinajstić information content (AvgIpc) is 2.32. The standard InChI is InChI=1S/C11H11BrFN3OS/c12-9-6(11(14)18)1-2-7(10(9)13)16-4-3-15-8(17)5-16/h1-2H,3-5H2,(H2,14,18)(H,15,17). The van der Waals surface area contributed by atoms with Crippen molar-refractivity contribution in [3.8, 4) is 0 Å². The summed E-state index contributed by atoms with van der Waals surface area (Å²) >= 11 is 7.97. The molecule has 96 valence electrons. The van der Waals surface area contributed by atoms with E-state index in [1.165, 1.54) is 0 Å². The van der Waals surface area contributed by atoms with E-state index < -0.39 is 5.82 Å². The van der Waals surface area contributed by atoms with Crippen molar-refractivity contribution in [2.45, 2.75) is 0 Å².